The molecular formula is C29H26ClF3N4O4. The quantitative estimate of drug-likeness (QED) is 0.211. The van der Waals surface area contributed by atoms with Crippen molar-refractivity contribution < 1.29 is 32.6 Å². The number of rotatable bonds is 11. The second-order valence-electron chi connectivity index (χ2n) is 9.43. The van der Waals surface area contributed by atoms with Crippen LogP contribution in [0.1, 0.15) is 40.9 Å². The number of para-hydroxylation sites is 2. The molecule has 12 heteroatoms. The van der Waals surface area contributed by atoms with Gasteiger partial charge in [-0.3, -0.25) is 19.5 Å². The molecule has 1 aliphatic heterocycles. The first-order chi connectivity index (χ1) is 19.6. The number of ketones is 1. The van der Waals surface area contributed by atoms with E-state index < -0.39 is 23.9 Å². The molecule has 2 heterocycles. The van der Waals surface area contributed by atoms with Crippen LogP contribution in [0.5, 0.6) is 5.75 Å². The Hall–Kier alpha value is -4.14. The number of ether oxygens (including phenoxy) is 1. The standard InChI is InChI=1S/C29H26ClF3N4O4/c30-22-9-8-18(13-20(22)21-16-36-27(29(31,32)33)14-19(21)15-34)25(38)17-35-23-5-1-2-7-26(23)41-12-4-11-37-10-3-6-24(37)28(39)40/h1-2,5,7-9,13-14,16,24,35H,3-4,6,10-12,17H2,(H,39,40)/t24-/m0/s1. The van der Waals surface area contributed by atoms with Crippen LogP contribution in [0.25, 0.3) is 11.1 Å². The zero-order chi connectivity index (χ0) is 29.6. The molecule has 0 spiro atoms. The lowest BCUT2D eigenvalue weighted by Gasteiger charge is -2.21. The fraction of sp³-hybridized carbons (Fsp3) is 0.310. The molecule has 1 fully saturated rings. The van der Waals surface area contributed by atoms with Crippen molar-refractivity contribution in [3.63, 3.8) is 0 Å². The van der Waals surface area contributed by atoms with Gasteiger partial charge < -0.3 is 15.2 Å². The summed E-state index contributed by atoms with van der Waals surface area (Å²) in [7, 11) is 0. The number of Topliss-reactive ketones (excluding diaryl/α,β-unsaturated/α-hetero) is 1. The summed E-state index contributed by atoms with van der Waals surface area (Å²) < 4.78 is 45.1. The molecule has 41 heavy (non-hydrogen) atoms. The Kier molecular flexibility index (Phi) is 9.47. The van der Waals surface area contributed by atoms with Gasteiger partial charge in [-0.05, 0) is 62.2 Å². The molecule has 0 bridgehead atoms. The zero-order valence-electron chi connectivity index (χ0n) is 21.7. The predicted molar refractivity (Wildman–Crippen MR) is 146 cm³/mol. The van der Waals surface area contributed by atoms with Crippen molar-refractivity contribution in [3.05, 3.63) is 76.6 Å². The molecule has 214 valence electrons. The minimum atomic E-state index is -4.71. The van der Waals surface area contributed by atoms with Crippen LogP contribution in [0.15, 0.2) is 54.7 Å². The van der Waals surface area contributed by atoms with Gasteiger partial charge in [-0.25, -0.2) is 0 Å². The number of hydrogen-bond acceptors (Lipinski definition) is 7. The van der Waals surface area contributed by atoms with Crippen molar-refractivity contribution in [2.24, 2.45) is 0 Å². The molecule has 4 rings (SSSR count). The molecule has 3 aromatic rings. The van der Waals surface area contributed by atoms with Gasteiger partial charge in [0.2, 0.25) is 0 Å². The van der Waals surface area contributed by atoms with E-state index in [2.05, 4.69) is 10.3 Å². The highest BCUT2D eigenvalue weighted by atomic mass is 35.5. The number of likely N-dealkylation sites (tertiary alicyclic amines) is 1. The second kappa shape index (κ2) is 13.0. The number of alkyl halides is 3. The number of halogens is 4. The number of carbonyl (C=O) groups excluding carboxylic acids is 1. The monoisotopic (exact) mass is 586 g/mol. The minimum Gasteiger partial charge on any atom is -0.491 e. The van der Waals surface area contributed by atoms with E-state index in [-0.39, 0.29) is 39.6 Å². The van der Waals surface area contributed by atoms with Gasteiger partial charge in [-0.1, -0.05) is 23.7 Å². The van der Waals surface area contributed by atoms with Crippen LogP contribution in [0.2, 0.25) is 5.02 Å². The Bertz CT molecular complexity index is 1480. The number of anilines is 1. The van der Waals surface area contributed by atoms with Crippen molar-refractivity contribution in [2.75, 3.05) is 31.6 Å². The van der Waals surface area contributed by atoms with E-state index >= 15 is 0 Å². The molecule has 1 atom stereocenters. The number of carboxylic acids is 1. The maximum absolute atomic E-state index is 13.1. The van der Waals surface area contributed by atoms with Crippen LogP contribution < -0.4 is 10.1 Å². The topological polar surface area (TPSA) is 116 Å². The van der Waals surface area contributed by atoms with E-state index in [1.54, 1.807) is 30.3 Å². The third kappa shape index (κ3) is 7.34. The van der Waals surface area contributed by atoms with Crippen molar-refractivity contribution in [1.82, 2.24) is 9.88 Å². The zero-order valence-corrected chi connectivity index (χ0v) is 22.5. The Morgan fingerprint density at radius 3 is 2.71 bits per heavy atom. The van der Waals surface area contributed by atoms with Crippen molar-refractivity contribution in [1.29, 1.82) is 5.26 Å². The van der Waals surface area contributed by atoms with Crippen LogP contribution in [0.4, 0.5) is 18.9 Å². The average Bonchev–Trinajstić information content (AvgIpc) is 3.43. The summed E-state index contributed by atoms with van der Waals surface area (Å²) in [6.45, 7) is 1.59. The maximum atomic E-state index is 13.1. The highest BCUT2D eigenvalue weighted by Crippen LogP contribution is 2.35. The fourth-order valence-electron chi connectivity index (χ4n) is 4.66. The number of carboxylic acid groups (broad SMARTS) is 1. The van der Waals surface area contributed by atoms with Gasteiger partial charge in [-0.2, -0.15) is 18.4 Å². The molecule has 0 aliphatic carbocycles. The van der Waals surface area contributed by atoms with Gasteiger partial charge in [0.1, 0.15) is 17.5 Å². The number of carbonyl (C=O) groups is 2. The van der Waals surface area contributed by atoms with E-state index in [0.29, 0.717) is 43.5 Å². The van der Waals surface area contributed by atoms with Gasteiger partial charge >= 0.3 is 12.1 Å². The molecule has 8 nitrogen and oxygen atoms in total. The van der Waals surface area contributed by atoms with Crippen LogP contribution in [-0.2, 0) is 11.0 Å². The number of hydrogen-bond donors (Lipinski definition) is 2. The molecule has 1 aromatic heterocycles. The minimum absolute atomic E-state index is 0.0791. The van der Waals surface area contributed by atoms with Crippen LogP contribution in [0, 0.1) is 11.3 Å². The smallest absolute Gasteiger partial charge is 0.433 e. The molecule has 0 unspecified atom stereocenters. The molecule has 1 aliphatic rings. The van der Waals surface area contributed by atoms with Crippen molar-refractivity contribution in [2.45, 2.75) is 31.5 Å². The maximum Gasteiger partial charge on any atom is 0.433 e. The summed E-state index contributed by atoms with van der Waals surface area (Å²) >= 11 is 6.28. The number of benzene rings is 2. The summed E-state index contributed by atoms with van der Waals surface area (Å²) in [4.78, 5) is 29.7. The van der Waals surface area contributed by atoms with Gasteiger partial charge in [0.05, 0.1) is 30.5 Å². The summed E-state index contributed by atoms with van der Waals surface area (Å²) in [5.74, 6) is -0.607. The van der Waals surface area contributed by atoms with Crippen molar-refractivity contribution >= 4 is 29.0 Å². The van der Waals surface area contributed by atoms with Crippen LogP contribution >= 0.6 is 11.6 Å². The first kappa shape index (κ1) is 29.8. The van der Waals surface area contributed by atoms with Crippen LogP contribution in [0.3, 0.4) is 0 Å². The van der Waals surface area contributed by atoms with Gasteiger partial charge in [0.15, 0.2) is 5.78 Å². The van der Waals surface area contributed by atoms with Gasteiger partial charge in [0.25, 0.3) is 0 Å². The average molecular weight is 587 g/mol. The van der Waals surface area contributed by atoms with Crippen LogP contribution in [-0.4, -0.2) is 59.0 Å². The van der Waals surface area contributed by atoms with Crippen molar-refractivity contribution in [3.8, 4) is 22.9 Å². The normalized spacial score (nSPS) is 15.3. The van der Waals surface area contributed by atoms with Gasteiger partial charge in [0, 0.05) is 34.5 Å². The lowest BCUT2D eigenvalue weighted by Crippen LogP contribution is -2.36. The van der Waals surface area contributed by atoms with E-state index in [9.17, 15) is 33.1 Å². The fourth-order valence-corrected chi connectivity index (χ4v) is 4.88. The Morgan fingerprint density at radius 2 is 1.98 bits per heavy atom. The third-order valence-electron chi connectivity index (χ3n) is 6.72. The molecule has 1 saturated heterocycles. The summed E-state index contributed by atoms with van der Waals surface area (Å²) in [5, 5.41) is 22.0. The predicted octanol–water partition coefficient (Wildman–Crippen LogP) is 5.91. The molecular weight excluding hydrogens is 561 g/mol. The number of aromatic nitrogens is 1. The first-order valence-electron chi connectivity index (χ1n) is 12.8. The molecule has 0 saturated carbocycles. The van der Waals surface area contributed by atoms with E-state index in [1.807, 2.05) is 4.90 Å². The Balaban J connectivity index is 1.40. The molecule has 2 aromatic carbocycles. The highest BCUT2D eigenvalue weighted by Gasteiger charge is 2.33. The lowest BCUT2D eigenvalue weighted by atomic mass is 9.98. The molecule has 2 N–H and O–H groups in total. The summed E-state index contributed by atoms with van der Waals surface area (Å²) in [6.07, 6.45) is -1.65. The summed E-state index contributed by atoms with van der Waals surface area (Å²) in [6, 6.07) is 13.4. The van der Waals surface area contributed by atoms with E-state index in [0.717, 1.165) is 19.2 Å². The van der Waals surface area contributed by atoms with E-state index in [1.165, 1.54) is 18.2 Å². The molecule has 0 amide bonds. The Labute approximate surface area is 239 Å². The van der Waals surface area contributed by atoms with E-state index in [4.69, 9.17) is 16.3 Å². The highest BCUT2D eigenvalue weighted by molar-refractivity contribution is 6.33. The largest absolute Gasteiger partial charge is 0.491 e. The lowest BCUT2D eigenvalue weighted by molar-refractivity contribution is -0.142. The Morgan fingerprint density at radius 1 is 1.20 bits per heavy atom. The second-order valence-corrected chi connectivity index (χ2v) is 9.83. The molecule has 0 radical (unpaired) electrons. The number of nitrogens with one attached hydrogen (secondary N) is 1. The number of aliphatic carboxylic acids is 1. The number of nitrogens with zero attached hydrogens (tertiary/aromatic N) is 3. The SMILES string of the molecule is N#Cc1cc(C(F)(F)F)ncc1-c1cc(C(=O)CNc2ccccc2OCCCN2CCC[C@H]2C(=O)O)ccc1Cl. The first-order valence-corrected chi connectivity index (χ1v) is 13.2. The third-order valence-corrected chi connectivity index (χ3v) is 7.05. The number of pyridine rings is 1. The summed E-state index contributed by atoms with van der Waals surface area (Å²) in [5.41, 5.74) is -0.369. The van der Waals surface area contributed by atoms with Gasteiger partial charge in [-0.15, -0.1) is 0 Å². The number of nitriles is 1.